The Hall–Kier alpha value is -1.26. The van der Waals surface area contributed by atoms with E-state index in [0.717, 1.165) is 49.6 Å². The number of benzene rings is 1. The molecule has 1 saturated heterocycles. The minimum Gasteiger partial charge on any atom is -0.493 e. The van der Waals surface area contributed by atoms with E-state index in [9.17, 15) is 0 Å². The van der Waals surface area contributed by atoms with Crippen LogP contribution in [0.25, 0.3) is 0 Å². The molecule has 0 amide bonds. The number of hydrogen-bond acceptors (Lipinski definition) is 4. The van der Waals surface area contributed by atoms with Gasteiger partial charge in [0.1, 0.15) is 6.61 Å². The zero-order valence-electron chi connectivity index (χ0n) is 12.5. The molecule has 4 nitrogen and oxygen atoms in total. The number of methoxy groups -OCH3 is 1. The summed E-state index contributed by atoms with van der Waals surface area (Å²) in [5.41, 5.74) is 1.13. The first kappa shape index (κ1) is 15.1. The zero-order chi connectivity index (χ0) is 14.2. The molecular weight excluding hydrogens is 254 g/mol. The van der Waals surface area contributed by atoms with Crippen molar-refractivity contribution in [3.8, 4) is 11.5 Å². The largest absolute Gasteiger partial charge is 0.493 e. The van der Waals surface area contributed by atoms with Gasteiger partial charge in [-0.2, -0.15) is 0 Å². The minimum absolute atomic E-state index is 0.209. The Morgan fingerprint density at radius 3 is 2.95 bits per heavy atom. The number of hydrogen-bond donors (Lipinski definition) is 1. The van der Waals surface area contributed by atoms with E-state index in [1.807, 2.05) is 12.1 Å². The molecule has 2 rings (SSSR count). The fourth-order valence-electron chi connectivity index (χ4n) is 2.40. The normalized spacial score (nSPS) is 18.8. The molecule has 1 N–H and O–H groups in total. The van der Waals surface area contributed by atoms with Gasteiger partial charge in [0.25, 0.3) is 0 Å². The van der Waals surface area contributed by atoms with Crippen LogP contribution in [0.4, 0.5) is 0 Å². The topological polar surface area (TPSA) is 39.7 Å². The van der Waals surface area contributed by atoms with Crippen LogP contribution in [0.15, 0.2) is 18.2 Å². The fraction of sp³-hybridized carbons (Fsp3) is 0.625. The molecule has 112 valence electrons. The van der Waals surface area contributed by atoms with E-state index < -0.39 is 0 Å². The van der Waals surface area contributed by atoms with E-state index in [-0.39, 0.29) is 6.10 Å². The maximum atomic E-state index is 6.01. The van der Waals surface area contributed by atoms with Crippen molar-refractivity contribution in [2.45, 2.75) is 38.8 Å². The second-order valence-corrected chi connectivity index (χ2v) is 5.03. The summed E-state index contributed by atoms with van der Waals surface area (Å²) < 4.78 is 17.1. The lowest BCUT2D eigenvalue weighted by molar-refractivity contribution is -0.0116. The Balaban J connectivity index is 2.02. The molecule has 1 aliphatic rings. The third kappa shape index (κ3) is 4.12. The SMILES string of the molecule is CCNCc1cccc(OC)c1OCC1CCCCO1. The Morgan fingerprint density at radius 1 is 1.35 bits per heavy atom. The molecule has 1 aromatic carbocycles. The van der Waals surface area contributed by atoms with Crippen molar-refractivity contribution >= 4 is 0 Å². The van der Waals surface area contributed by atoms with Crippen LogP contribution in [0.3, 0.4) is 0 Å². The molecule has 1 atom stereocenters. The van der Waals surface area contributed by atoms with E-state index in [0.29, 0.717) is 6.61 Å². The molecule has 0 aromatic heterocycles. The highest BCUT2D eigenvalue weighted by Gasteiger charge is 2.17. The summed E-state index contributed by atoms with van der Waals surface area (Å²) in [5, 5.41) is 3.33. The van der Waals surface area contributed by atoms with Gasteiger partial charge >= 0.3 is 0 Å². The van der Waals surface area contributed by atoms with Crippen molar-refractivity contribution < 1.29 is 14.2 Å². The molecule has 0 aliphatic carbocycles. The Kier molecular flexibility index (Phi) is 6.15. The van der Waals surface area contributed by atoms with Crippen LogP contribution in [-0.4, -0.2) is 33.0 Å². The Labute approximate surface area is 121 Å². The molecule has 1 heterocycles. The van der Waals surface area contributed by atoms with Crippen molar-refractivity contribution in [3.63, 3.8) is 0 Å². The number of rotatable bonds is 7. The molecule has 1 fully saturated rings. The highest BCUT2D eigenvalue weighted by atomic mass is 16.5. The van der Waals surface area contributed by atoms with Crippen molar-refractivity contribution in [2.75, 3.05) is 26.9 Å². The number of ether oxygens (including phenoxy) is 3. The first-order chi connectivity index (χ1) is 9.85. The molecule has 1 aliphatic heterocycles. The lowest BCUT2D eigenvalue weighted by atomic mass is 10.1. The van der Waals surface area contributed by atoms with Gasteiger partial charge in [-0.15, -0.1) is 0 Å². The molecular formula is C16H25NO3. The lowest BCUT2D eigenvalue weighted by Crippen LogP contribution is -2.26. The lowest BCUT2D eigenvalue weighted by Gasteiger charge is -2.24. The van der Waals surface area contributed by atoms with Gasteiger partial charge in [-0.3, -0.25) is 0 Å². The van der Waals surface area contributed by atoms with Crippen molar-refractivity contribution in [3.05, 3.63) is 23.8 Å². The summed E-state index contributed by atoms with van der Waals surface area (Å²) >= 11 is 0. The highest BCUT2D eigenvalue weighted by molar-refractivity contribution is 5.46. The van der Waals surface area contributed by atoms with E-state index in [4.69, 9.17) is 14.2 Å². The van der Waals surface area contributed by atoms with Gasteiger partial charge in [0, 0.05) is 18.7 Å². The van der Waals surface area contributed by atoms with Crippen LogP contribution in [0.5, 0.6) is 11.5 Å². The molecule has 0 saturated carbocycles. The summed E-state index contributed by atoms with van der Waals surface area (Å²) in [7, 11) is 1.68. The van der Waals surface area contributed by atoms with Gasteiger partial charge in [-0.25, -0.2) is 0 Å². The van der Waals surface area contributed by atoms with Gasteiger partial charge in [0.15, 0.2) is 11.5 Å². The van der Waals surface area contributed by atoms with Crippen LogP contribution in [0, 0.1) is 0 Å². The van der Waals surface area contributed by atoms with E-state index in [2.05, 4.69) is 18.3 Å². The fourth-order valence-corrected chi connectivity index (χ4v) is 2.40. The van der Waals surface area contributed by atoms with Gasteiger partial charge < -0.3 is 19.5 Å². The van der Waals surface area contributed by atoms with E-state index in [1.165, 1.54) is 6.42 Å². The zero-order valence-corrected chi connectivity index (χ0v) is 12.5. The van der Waals surface area contributed by atoms with Gasteiger partial charge in [-0.05, 0) is 31.9 Å². The predicted molar refractivity (Wildman–Crippen MR) is 79.5 cm³/mol. The molecule has 0 bridgehead atoms. The maximum absolute atomic E-state index is 6.01. The second-order valence-electron chi connectivity index (χ2n) is 5.03. The Morgan fingerprint density at radius 2 is 2.25 bits per heavy atom. The molecule has 20 heavy (non-hydrogen) atoms. The third-order valence-corrected chi connectivity index (χ3v) is 3.53. The van der Waals surface area contributed by atoms with Crippen molar-refractivity contribution in [2.24, 2.45) is 0 Å². The summed E-state index contributed by atoms with van der Waals surface area (Å²) in [6, 6.07) is 6.00. The monoisotopic (exact) mass is 279 g/mol. The first-order valence-electron chi connectivity index (χ1n) is 7.46. The molecule has 1 aromatic rings. The number of para-hydroxylation sites is 1. The van der Waals surface area contributed by atoms with Crippen LogP contribution in [-0.2, 0) is 11.3 Å². The molecule has 1 unspecified atom stereocenters. The van der Waals surface area contributed by atoms with Crippen molar-refractivity contribution in [1.82, 2.24) is 5.32 Å². The second kappa shape index (κ2) is 8.12. The van der Waals surface area contributed by atoms with E-state index >= 15 is 0 Å². The summed E-state index contributed by atoms with van der Waals surface area (Å²) in [6.07, 6.45) is 3.68. The van der Waals surface area contributed by atoms with Crippen LogP contribution < -0.4 is 14.8 Å². The summed E-state index contributed by atoms with van der Waals surface area (Å²) in [5.74, 6) is 1.63. The van der Waals surface area contributed by atoms with E-state index in [1.54, 1.807) is 7.11 Å². The molecule has 4 heteroatoms. The molecule has 0 radical (unpaired) electrons. The average molecular weight is 279 g/mol. The van der Waals surface area contributed by atoms with Gasteiger partial charge in [-0.1, -0.05) is 19.1 Å². The standard InChI is InChI=1S/C16H25NO3/c1-3-17-11-13-7-6-9-15(18-2)16(13)20-12-14-8-4-5-10-19-14/h6-7,9,14,17H,3-5,8,10-12H2,1-2H3. The molecule has 0 spiro atoms. The average Bonchev–Trinajstić information content (AvgIpc) is 2.52. The maximum Gasteiger partial charge on any atom is 0.165 e. The van der Waals surface area contributed by atoms with Crippen molar-refractivity contribution in [1.29, 1.82) is 0 Å². The van der Waals surface area contributed by atoms with Gasteiger partial charge in [0.2, 0.25) is 0 Å². The third-order valence-electron chi connectivity index (χ3n) is 3.53. The Bertz CT molecular complexity index is 403. The smallest absolute Gasteiger partial charge is 0.165 e. The first-order valence-corrected chi connectivity index (χ1v) is 7.46. The van der Waals surface area contributed by atoms with Crippen LogP contribution in [0.1, 0.15) is 31.7 Å². The summed E-state index contributed by atoms with van der Waals surface area (Å²) in [6.45, 7) is 5.26. The minimum atomic E-state index is 0.209. The number of nitrogens with one attached hydrogen (secondary N) is 1. The predicted octanol–water partition coefficient (Wildman–Crippen LogP) is 2.75. The van der Waals surface area contributed by atoms with Gasteiger partial charge in [0.05, 0.1) is 13.2 Å². The quantitative estimate of drug-likeness (QED) is 0.833. The van der Waals surface area contributed by atoms with Crippen LogP contribution >= 0.6 is 0 Å². The summed E-state index contributed by atoms with van der Waals surface area (Å²) in [4.78, 5) is 0. The van der Waals surface area contributed by atoms with Crippen LogP contribution in [0.2, 0.25) is 0 Å². The highest BCUT2D eigenvalue weighted by Crippen LogP contribution is 2.31.